The van der Waals surface area contributed by atoms with Crippen molar-refractivity contribution in [1.29, 1.82) is 0 Å². The summed E-state index contributed by atoms with van der Waals surface area (Å²) in [6.45, 7) is 9.40. The zero-order valence-electron chi connectivity index (χ0n) is 9.75. The fourth-order valence-electron chi connectivity index (χ4n) is 1.68. The fraction of sp³-hybridized carbons (Fsp3) is 0.538. The Morgan fingerprint density at radius 2 is 2.40 bits per heavy atom. The van der Waals surface area contributed by atoms with Gasteiger partial charge in [-0.1, -0.05) is 12.5 Å². The summed E-state index contributed by atoms with van der Waals surface area (Å²) in [5.74, 6) is 0. The van der Waals surface area contributed by atoms with Crippen LogP contribution in [0.5, 0.6) is 0 Å². The minimum Gasteiger partial charge on any atom is -0.313 e. The van der Waals surface area contributed by atoms with Crippen molar-refractivity contribution in [2.45, 2.75) is 39.2 Å². The maximum atomic E-state index is 3.99. The van der Waals surface area contributed by atoms with Crippen molar-refractivity contribution in [3.8, 4) is 0 Å². The first kappa shape index (κ1) is 12.5. The van der Waals surface area contributed by atoms with Gasteiger partial charge in [0.05, 0.1) is 0 Å². The summed E-state index contributed by atoms with van der Waals surface area (Å²) < 4.78 is 0. The van der Waals surface area contributed by atoms with Crippen LogP contribution < -0.4 is 5.32 Å². The molecule has 1 aromatic rings. The normalized spacial score (nSPS) is 12.7. The Kier molecular flexibility index (Phi) is 5.66. The van der Waals surface area contributed by atoms with E-state index < -0.39 is 0 Å². The average Bonchev–Trinajstić information content (AvgIpc) is 2.66. The van der Waals surface area contributed by atoms with E-state index in [0.717, 1.165) is 19.4 Å². The molecule has 0 radical (unpaired) electrons. The van der Waals surface area contributed by atoms with Gasteiger partial charge in [0, 0.05) is 6.04 Å². The lowest BCUT2D eigenvalue weighted by molar-refractivity contribution is 0.504. The van der Waals surface area contributed by atoms with Crippen molar-refractivity contribution in [3.63, 3.8) is 0 Å². The van der Waals surface area contributed by atoms with E-state index >= 15 is 0 Å². The third-order valence-electron chi connectivity index (χ3n) is 2.34. The van der Waals surface area contributed by atoms with Gasteiger partial charge in [0.2, 0.25) is 0 Å². The topological polar surface area (TPSA) is 12.0 Å². The number of nitrogens with one attached hydrogen (secondary N) is 1. The van der Waals surface area contributed by atoms with Crippen LogP contribution in [-0.4, -0.2) is 12.6 Å². The molecule has 0 saturated carbocycles. The van der Waals surface area contributed by atoms with E-state index in [4.69, 9.17) is 0 Å². The van der Waals surface area contributed by atoms with Crippen LogP contribution in [0.25, 0.3) is 0 Å². The SMILES string of the molecule is C=C(C)CC(Cc1ccsc1)NCCC. The summed E-state index contributed by atoms with van der Waals surface area (Å²) in [7, 11) is 0. The Labute approximate surface area is 97.2 Å². The third-order valence-corrected chi connectivity index (χ3v) is 3.07. The Morgan fingerprint density at radius 3 is 2.93 bits per heavy atom. The molecule has 1 nitrogen and oxygen atoms in total. The monoisotopic (exact) mass is 223 g/mol. The predicted molar refractivity (Wildman–Crippen MR) is 69.5 cm³/mol. The average molecular weight is 223 g/mol. The van der Waals surface area contributed by atoms with Crippen molar-refractivity contribution in [3.05, 3.63) is 34.5 Å². The molecule has 1 rings (SSSR count). The molecule has 0 aromatic carbocycles. The number of rotatable bonds is 7. The lowest BCUT2D eigenvalue weighted by atomic mass is 10.0. The van der Waals surface area contributed by atoms with Crippen molar-refractivity contribution in [2.75, 3.05) is 6.54 Å². The highest BCUT2D eigenvalue weighted by atomic mass is 32.1. The molecule has 0 aliphatic rings. The third kappa shape index (κ3) is 5.14. The van der Waals surface area contributed by atoms with Crippen LogP contribution in [-0.2, 0) is 6.42 Å². The molecule has 0 fully saturated rings. The fourth-order valence-corrected chi connectivity index (χ4v) is 2.36. The van der Waals surface area contributed by atoms with E-state index in [0.29, 0.717) is 6.04 Å². The van der Waals surface area contributed by atoms with Crippen LogP contribution >= 0.6 is 11.3 Å². The molecule has 0 aliphatic carbocycles. The molecular formula is C13H21NS. The summed E-state index contributed by atoms with van der Waals surface area (Å²) >= 11 is 1.77. The van der Waals surface area contributed by atoms with Crippen LogP contribution in [0.15, 0.2) is 29.0 Å². The van der Waals surface area contributed by atoms with Gasteiger partial charge in [0.1, 0.15) is 0 Å². The molecule has 0 bridgehead atoms. The molecule has 1 aromatic heterocycles. The number of hydrogen-bond acceptors (Lipinski definition) is 2. The van der Waals surface area contributed by atoms with E-state index in [2.05, 4.69) is 42.6 Å². The minimum atomic E-state index is 0.553. The van der Waals surface area contributed by atoms with Gasteiger partial charge in [-0.2, -0.15) is 11.3 Å². The van der Waals surface area contributed by atoms with Crippen LogP contribution in [0.4, 0.5) is 0 Å². The molecule has 0 amide bonds. The molecule has 1 unspecified atom stereocenters. The molecule has 1 atom stereocenters. The van der Waals surface area contributed by atoms with Gasteiger partial charge >= 0.3 is 0 Å². The molecule has 1 N–H and O–H groups in total. The second-order valence-electron chi connectivity index (χ2n) is 4.15. The van der Waals surface area contributed by atoms with E-state index in [-0.39, 0.29) is 0 Å². The zero-order valence-corrected chi connectivity index (χ0v) is 10.6. The largest absolute Gasteiger partial charge is 0.313 e. The van der Waals surface area contributed by atoms with E-state index in [1.165, 1.54) is 17.6 Å². The van der Waals surface area contributed by atoms with Gasteiger partial charge in [-0.3, -0.25) is 0 Å². The minimum absolute atomic E-state index is 0.553. The summed E-state index contributed by atoms with van der Waals surface area (Å²) in [6.07, 6.45) is 3.39. The maximum absolute atomic E-state index is 3.99. The second-order valence-corrected chi connectivity index (χ2v) is 4.93. The lowest BCUT2D eigenvalue weighted by Gasteiger charge is -2.17. The maximum Gasteiger partial charge on any atom is 0.0145 e. The van der Waals surface area contributed by atoms with E-state index in [1.54, 1.807) is 11.3 Å². The van der Waals surface area contributed by atoms with Crippen LogP contribution in [0.3, 0.4) is 0 Å². The Morgan fingerprint density at radius 1 is 1.60 bits per heavy atom. The Balaban J connectivity index is 2.44. The van der Waals surface area contributed by atoms with Crippen molar-refractivity contribution in [2.24, 2.45) is 0 Å². The molecule has 0 spiro atoms. The molecule has 1 heterocycles. The summed E-state index contributed by atoms with van der Waals surface area (Å²) in [4.78, 5) is 0. The summed E-state index contributed by atoms with van der Waals surface area (Å²) in [5, 5.41) is 7.96. The molecule has 0 saturated heterocycles. The van der Waals surface area contributed by atoms with Crippen LogP contribution in [0.1, 0.15) is 32.3 Å². The van der Waals surface area contributed by atoms with E-state index in [1.807, 2.05) is 0 Å². The number of hydrogen-bond donors (Lipinski definition) is 1. The first-order chi connectivity index (χ1) is 7.22. The van der Waals surface area contributed by atoms with Gasteiger partial charge in [-0.25, -0.2) is 0 Å². The van der Waals surface area contributed by atoms with Gasteiger partial charge in [0.25, 0.3) is 0 Å². The van der Waals surface area contributed by atoms with Crippen molar-refractivity contribution >= 4 is 11.3 Å². The lowest BCUT2D eigenvalue weighted by Crippen LogP contribution is -2.31. The van der Waals surface area contributed by atoms with E-state index in [9.17, 15) is 0 Å². The van der Waals surface area contributed by atoms with Gasteiger partial charge in [-0.15, -0.1) is 6.58 Å². The smallest absolute Gasteiger partial charge is 0.0145 e. The second kappa shape index (κ2) is 6.81. The molecule has 2 heteroatoms. The number of thiophene rings is 1. The van der Waals surface area contributed by atoms with Gasteiger partial charge < -0.3 is 5.32 Å². The highest BCUT2D eigenvalue weighted by Gasteiger charge is 2.08. The van der Waals surface area contributed by atoms with Crippen LogP contribution in [0, 0.1) is 0 Å². The van der Waals surface area contributed by atoms with Gasteiger partial charge in [-0.05, 0) is 55.1 Å². The Hall–Kier alpha value is -0.600. The highest BCUT2D eigenvalue weighted by Crippen LogP contribution is 2.12. The standard InChI is InChI=1S/C13H21NS/c1-4-6-14-13(8-11(2)3)9-12-5-7-15-10-12/h5,7,10,13-14H,2,4,6,8-9H2,1,3H3. The molecule has 15 heavy (non-hydrogen) atoms. The van der Waals surface area contributed by atoms with Crippen LogP contribution in [0.2, 0.25) is 0 Å². The van der Waals surface area contributed by atoms with Gasteiger partial charge in [0.15, 0.2) is 0 Å². The predicted octanol–water partition coefficient (Wildman–Crippen LogP) is 3.63. The zero-order chi connectivity index (χ0) is 11.1. The molecule has 0 aliphatic heterocycles. The summed E-state index contributed by atoms with van der Waals surface area (Å²) in [5.41, 5.74) is 2.70. The van der Waals surface area contributed by atoms with Crippen molar-refractivity contribution < 1.29 is 0 Å². The highest BCUT2D eigenvalue weighted by molar-refractivity contribution is 7.07. The van der Waals surface area contributed by atoms with Crippen molar-refractivity contribution in [1.82, 2.24) is 5.32 Å². The summed E-state index contributed by atoms with van der Waals surface area (Å²) in [6, 6.07) is 2.76. The molecule has 84 valence electrons. The molecular weight excluding hydrogens is 202 g/mol. The first-order valence-electron chi connectivity index (χ1n) is 5.61. The first-order valence-corrected chi connectivity index (χ1v) is 6.55. The Bertz CT molecular complexity index is 277. The quantitative estimate of drug-likeness (QED) is 0.696.